The molecular formula is C12H13F3N2O2. The topological polar surface area (TPSA) is 63.1 Å². The first-order chi connectivity index (χ1) is 8.55. The van der Waals surface area contributed by atoms with Crippen LogP contribution in [-0.2, 0) is 4.79 Å². The van der Waals surface area contributed by atoms with Crippen molar-refractivity contribution >= 4 is 11.5 Å². The number of Topliss-reactive ketones (excluding diaryl/α,β-unsaturated/α-hetero) is 1. The second-order valence-corrected chi connectivity index (χ2v) is 4.90. The molecule has 1 rings (SSSR count). The molecule has 0 saturated heterocycles. The van der Waals surface area contributed by atoms with Gasteiger partial charge in [-0.2, -0.15) is 13.2 Å². The molecule has 0 saturated carbocycles. The zero-order chi connectivity index (χ0) is 14.8. The molecule has 1 aromatic heterocycles. The van der Waals surface area contributed by atoms with Gasteiger partial charge >= 0.3 is 6.18 Å². The van der Waals surface area contributed by atoms with Crippen molar-refractivity contribution in [1.82, 2.24) is 9.97 Å². The fourth-order valence-corrected chi connectivity index (χ4v) is 1.30. The second kappa shape index (κ2) is 4.99. The summed E-state index contributed by atoms with van der Waals surface area (Å²) in [5, 5.41) is 9.70. The maximum absolute atomic E-state index is 13.0. The van der Waals surface area contributed by atoms with Crippen LogP contribution in [0.2, 0.25) is 0 Å². The van der Waals surface area contributed by atoms with E-state index in [9.17, 15) is 23.1 Å². The number of allylic oxidation sites excluding steroid dienone is 1. The number of carbonyl (C=O) groups excluding carboxylic acids is 1. The average molecular weight is 274 g/mol. The molecule has 0 amide bonds. The molecule has 1 heterocycles. The average Bonchev–Trinajstić information content (AvgIpc) is 2.27. The number of hydrogen-bond donors (Lipinski definition) is 1. The summed E-state index contributed by atoms with van der Waals surface area (Å²) in [6.07, 6.45) is -2.80. The largest absolute Gasteiger partial charge is 0.505 e. The smallest absolute Gasteiger partial charge is 0.423 e. The van der Waals surface area contributed by atoms with Gasteiger partial charge in [-0.05, 0) is 6.07 Å². The molecule has 0 aromatic carbocycles. The summed E-state index contributed by atoms with van der Waals surface area (Å²) in [5.41, 5.74) is -3.22. The summed E-state index contributed by atoms with van der Waals surface area (Å²) in [4.78, 5) is 18.9. The molecule has 19 heavy (non-hydrogen) atoms. The molecular weight excluding hydrogens is 261 g/mol. The van der Waals surface area contributed by atoms with Crippen molar-refractivity contribution in [2.45, 2.75) is 26.9 Å². The van der Waals surface area contributed by atoms with Crippen LogP contribution in [0.1, 0.15) is 26.5 Å². The summed E-state index contributed by atoms with van der Waals surface area (Å²) in [5.74, 6) is -2.38. The van der Waals surface area contributed by atoms with Crippen LogP contribution in [0.15, 0.2) is 24.2 Å². The Morgan fingerprint density at radius 3 is 2.21 bits per heavy atom. The third-order valence-corrected chi connectivity index (χ3v) is 2.25. The Bertz CT molecular complexity index is 502. The molecule has 0 bridgehead atoms. The highest BCUT2D eigenvalue weighted by atomic mass is 19.4. The van der Waals surface area contributed by atoms with Gasteiger partial charge in [0.15, 0.2) is 11.5 Å². The highest BCUT2D eigenvalue weighted by Crippen LogP contribution is 2.36. The van der Waals surface area contributed by atoms with Gasteiger partial charge in [-0.3, -0.25) is 4.79 Å². The van der Waals surface area contributed by atoms with Crippen molar-refractivity contribution in [2.24, 2.45) is 5.41 Å². The standard InChI is InChI=1S/C12H13F3N2O2/c1-11(2,3)10(19)8(12(13,14)15)9(18)7-4-5-16-6-17-7/h4-6,18H,1-3H3. The third-order valence-electron chi connectivity index (χ3n) is 2.25. The highest BCUT2D eigenvalue weighted by molar-refractivity contribution is 6.05. The molecule has 0 radical (unpaired) electrons. The first kappa shape index (κ1) is 15.1. The van der Waals surface area contributed by atoms with Gasteiger partial charge in [0.25, 0.3) is 0 Å². The van der Waals surface area contributed by atoms with Crippen LogP contribution in [0.5, 0.6) is 0 Å². The van der Waals surface area contributed by atoms with Crippen LogP contribution in [0.3, 0.4) is 0 Å². The van der Waals surface area contributed by atoms with E-state index in [-0.39, 0.29) is 5.69 Å². The monoisotopic (exact) mass is 274 g/mol. The predicted molar refractivity (Wildman–Crippen MR) is 62.1 cm³/mol. The lowest BCUT2D eigenvalue weighted by Crippen LogP contribution is -2.31. The number of ketones is 1. The van der Waals surface area contributed by atoms with Crippen LogP contribution < -0.4 is 0 Å². The van der Waals surface area contributed by atoms with E-state index in [1.165, 1.54) is 27.0 Å². The zero-order valence-corrected chi connectivity index (χ0v) is 10.6. The molecule has 0 fully saturated rings. The third kappa shape index (κ3) is 3.52. The Morgan fingerprint density at radius 1 is 1.26 bits per heavy atom. The molecule has 0 atom stereocenters. The normalized spacial score (nSPS) is 14.0. The van der Waals surface area contributed by atoms with Crippen LogP contribution in [0.4, 0.5) is 13.2 Å². The molecule has 1 N–H and O–H groups in total. The maximum atomic E-state index is 13.0. The minimum Gasteiger partial charge on any atom is -0.505 e. The van der Waals surface area contributed by atoms with Crippen LogP contribution >= 0.6 is 0 Å². The van der Waals surface area contributed by atoms with Gasteiger partial charge < -0.3 is 5.11 Å². The number of rotatable bonds is 2. The number of aliphatic hydroxyl groups excluding tert-OH is 1. The Labute approximate surface area is 108 Å². The van der Waals surface area contributed by atoms with E-state index in [0.717, 1.165) is 12.4 Å². The van der Waals surface area contributed by atoms with E-state index in [4.69, 9.17) is 0 Å². The lowest BCUT2D eigenvalue weighted by Gasteiger charge is -2.21. The second-order valence-electron chi connectivity index (χ2n) is 4.90. The first-order valence-corrected chi connectivity index (χ1v) is 5.36. The van der Waals surface area contributed by atoms with Gasteiger partial charge in [-0.1, -0.05) is 20.8 Å². The molecule has 0 unspecified atom stereocenters. The Kier molecular flexibility index (Phi) is 3.97. The van der Waals surface area contributed by atoms with Crippen molar-refractivity contribution in [3.05, 3.63) is 29.9 Å². The highest BCUT2D eigenvalue weighted by Gasteiger charge is 2.45. The maximum Gasteiger partial charge on any atom is 0.423 e. The number of carbonyl (C=O) groups is 1. The zero-order valence-electron chi connectivity index (χ0n) is 10.6. The summed E-state index contributed by atoms with van der Waals surface area (Å²) in [6, 6.07) is 1.09. The number of hydrogen-bond acceptors (Lipinski definition) is 4. The minimum absolute atomic E-state index is 0.347. The van der Waals surface area contributed by atoms with Crippen molar-refractivity contribution in [1.29, 1.82) is 0 Å². The van der Waals surface area contributed by atoms with Gasteiger partial charge in [0.1, 0.15) is 17.6 Å². The summed E-state index contributed by atoms with van der Waals surface area (Å²) in [7, 11) is 0. The molecule has 0 aliphatic heterocycles. The van der Waals surface area contributed by atoms with Gasteiger partial charge in [-0.15, -0.1) is 0 Å². The minimum atomic E-state index is -4.96. The number of halogens is 3. The van der Waals surface area contributed by atoms with E-state index in [1.807, 2.05) is 0 Å². The molecule has 1 aromatic rings. The van der Waals surface area contributed by atoms with Crippen molar-refractivity contribution in [3.63, 3.8) is 0 Å². The van der Waals surface area contributed by atoms with E-state index < -0.39 is 28.7 Å². The number of aromatic nitrogens is 2. The molecule has 0 aliphatic carbocycles. The van der Waals surface area contributed by atoms with Crippen LogP contribution in [0, 0.1) is 5.41 Å². The predicted octanol–water partition coefficient (Wildman–Crippen LogP) is 2.92. The van der Waals surface area contributed by atoms with E-state index in [2.05, 4.69) is 9.97 Å². The fourth-order valence-electron chi connectivity index (χ4n) is 1.30. The van der Waals surface area contributed by atoms with Crippen molar-refractivity contribution in [2.75, 3.05) is 0 Å². The van der Waals surface area contributed by atoms with Gasteiger partial charge in [0.2, 0.25) is 0 Å². The first-order valence-electron chi connectivity index (χ1n) is 5.36. The number of alkyl halides is 3. The lowest BCUT2D eigenvalue weighted by molar-refractivity contribution is -0.135. The van der Waals surface area contributed by atoms with E-state index in [0.29, 0.717) is 0 Å². The number of nitrogens with zero attached hydrogens (tertiary/aromatic N) is 2. The molecule has 4 nitrogen and oxygen atoms in total. The van der Waals surface area contributed by atoms with E-state index in [1.54, 1.807) is 0 Å². The SMILES string of the molecule is CC(C)(C)C(=O)C(=C(O)c1ccncn1)C(F)(F)F. The van der Waals surface area contributed by atoms with Gasteiger partial charge in [-0.25, -0.2) is 9.97 Å². The van der Waals surface area contributed by atoms with Gasteiger partial charge in [0, 0.05) is 11.6 Å². The Hall–Kier alpha value is -1.92. The Morgan fingerprint density at radius 2 is 1.84 bits per heavy atom. The van der Waals surface area contributed by atoms with Crippen molar-refractivity contribution < 1.29 is 23.1 Å². The quantitative estimate of drug-likeness (QED) is 0.665. The molecule has 7 heteroatoms. The van der Waals surface area contributed by atoms with Crippen LogP contribution in [0.25, 0.3) is 5.76 Å². The molecule has 0 spiro atoms. The number of aliphatic hydroxyl groups is 1. The molecule has 104 valence electrons. The van der Waals surface area contributed by atoms with E-state index >= 15 is 0 Å². The summed E-state index contributed by atoms with van der Waals surface area (Å²) >= 11 is 0. The summed E-state index contributed by atoms with van der Waals surface area (Å²) in [6.45, 7) is 4.02. The lowest BCUT2D eigenvalue weighted by atomic mass is 9.85. The van der Waals surface area contributed by atoms with Crippen molar-refractivity contribution in [3.8, 4) is 0 Å². The Balaban J connectivity index is 3.46. The fraction of sp³-hybridized carbons (Fsp3) is 0.417. The molecule has 0 aliphatic rings. The summed E-state index contributed by atoms with van der Waals surface area (Å²) < 4.78 is 38.9. The van der Waals surface area contributed by atoms with Crippen LogP contribution in [-0.4, -0.2) is 27.0 Å². The van der Waals surface area contributed by atoms with Gasteiger partial charge in [0.05, 0.1) is 0 Å².